The van der Waals surface area contributed by atoms with Gasteiger partial charge in [0.1, 0.15) is 5.82 Å². The molecule has 2 N–H and O–H groups in total. The number of hydrogen-bond donors (Lipinski definition) is 2. The Labute approximate surface area is 113 Å². The minimum absolute atomic E-state index is 0.112. The third kappa shape index (κ3) is 3.07. The number of aromatic nitrogens is 3. The van der Waals surface area contributed by atoms with Crippen LogP contribution in [0, 0.1) is 5.41 Å². The molecule has 6 heteroatoms. The molecule has 2 heterocycles. The summed E-state index contributed by atoms with van der Waals surface area (Å²) in [5.74, 6) is -0.0289. The molecule has 2 rings (SSSR count). The summed E-state index contributed by atoms with van der Waals surface area (Å²) in [6.45, 7) is 3.83. The van der Waals surface area contributed by atoms with E-state index >= 15 is 0 Å². The van der Waals surface area contributed by atoms with Gasteiger partial charge in [-0.2, -0.15) is 0 Å². The quantitative estimate of drug-likeness (QED) is 0.910. The van der Waals surface area contributed by atoms with E-state index in [2.05, 4.69) is 30.9 Å². The number of carboxylic acid groups (broad SMARTS) is 1. The number of hydrogen-bond acceptors (Lipinski definition) is 3. The van der Waals surface area contributed by atoms with Gasteiger partial charge in [0.2, 0.25) is 0 Å². The maximum Gasteiger partial charge on any atom is 0.303 e. The molecule has 5 nitrogen and oxygen atoms in total. The van der Waals surface area contributed by atoms with Crippen LogP contribution in [0.15, 0.2) is 16.7 Å². The number of aliphatic carboxylic acids is 1. The van der Waals surface area contributed by atoms with Crippen molar-refractivity contribution in [3.8, 4) is 0 Å². The van der Waals surface area contributed by atoms with Gasteiger partial charge in [-0.3, -0.25) is 4.79 Å². The van der Waals surface area contributed by atoms with Crippen molar-refractivity contribution in [2.45, 2.75) is 26.7 Å². The van der Waals surface area contributed by atoms with E-state index in [9.17, 15) is 4.79 Å². The fraction of sp³-hybridized carbons (Fsp3) is 0.417. The number of halogens is 1. The summed E-state index contributed by atoms with van der Waals surface area (Å²) in [6, 6.07) is 1.91. The normalized spacial score (nSPS) is 11.9. The predicted molar refractivity (Wildman–Crippen MR) is 71.3 cm³/mol. The Kier molecular flexibility index (Phi) is 3.38. The third-order valence-corrected chi connectivity index (χ3v) is 3.06. The van der Waals surface area contributed by atoms with Gasteiger partial charge < -0.3 is 10.1 Å². The molecule has 0 bridgehead atoms. The highest BCUT2D eigenvalue weighted by molar-refractivity contribution is 9.10. The molecule has 0 fully saturated rings. The second kappa shape index (κ2) is 4.68. The SMILES string of the molecule is CC(C)(CC(=O)O)Cc1nc2ncc(Br)cc2[nH]1. The summed E-state index contributed by atoms with van der Waals surface area (Å²) in [5.41, 5.74) is 1.17. The Morgan fingerprint density at radius 3 is 2.94 bits per heavy atom. The number of nitrogens with zero attached hydrogens (tertiary/aromatic N) is 2. The number of aromatic amines is 1. The number of fused-ring (bicyclic) bond motifs is 1. The molecule has 0 saturated carbocycles. The first-order valence-electron chi connectivity index (χ1n) is 5.58. The van der Waals surface area contributed by atoms with E-state index in [0.29, 0.717) is 12.1 Å². The highest BCUT2D eigenvalue weighted by atomic mass is 79.9. The summed E-state index contributed by atoms with van der Waals surface area (Å²) in [4.78, 5) is 22.5. The molecule has 0 aliphatic rings. The molecule has 2 aromatic heterocycles. The zero-order chi connectivity index (χ0) is 13.3. The van der Waals surface area contributed by atoms with Crippen LogP contribution in [-0.2, 0) is 11.2 Å². The zero-order valence-electron chi connectivity index (χ0n) is 10.2. The molecule has 0 amide bonds. The van der Waals surface area contributed by atoms with Crippen LogP contribution in [0.5, 0.6) is 0 Å². The summed E-state index contributed by atoms with van der Waals surface area (Å²) in [5, 5.41) is 8.85. The van der Waals surface area contributed by atoms with Crippen LogP contribution in [0.25, 0.3) is 11.2 Å². The van der Waals surface area contributed by atoms with Crippen molar-refractivity contribution in [1.29, 1.82) is 0 Å². The first-order valence-corrected chi connectivity index (χ1v) is 6.37. The molecule has 2 aromatic rings. The molecule has 0 aromatic carbocycles. The number of H-pyrrole nitrogens is 1. The number of imidazole rings is 1. The number of pyridine rings is 1. The second-order valence-corrected chi connectivity index (χ2v) is 6.04. The Balaban J connectivity index is 2.24. The summed E-state index contributed by atoms with van der Waals surface area (Å²) in [6.07, 6.45) is 2.38. The number of nitrogens with one attached hydrogen (secondary N) is 1. The Hall–Kier alpha value is -1.43. The van der Waals surface area contributed by atoms with Crippen LogP contribution in [0.1, 0.15) is 26.1 Å². The van der Waals surface area contributed by atoms with Crippen LogP contribution in [-0.4, -0.2) is 26.0 Å². The van der Waals surface area contributed by atoms with Crippen molar-refractivity contribution in [3.05, 3.63) is 22.6 Å². The fourth-order valence-electron chi connectivity index (χ4n) is 1.93. The molecule has 96 valence electrons. The molecule has 0 spiro atoms. The van der Waals surface area contributed by atoms with E-state index in [1.54, 1.807) is 6.20 Å². The van der Waals surface area contributed by atoms with Crippen molar-refractivity contribution < 1.29 is 9.90 Å². The topological polar surface area (TPSA) is 78.9 Å². The van der Waals surface area contributed by atoms with Crippen molar-refractivity contribution in [2.24, 2.45) is 5.41 Å². The molecule has 0 saturated heterocycles. The predicted octanol–water partition coefficient (Wildman–Crippen LogP) is 2.76. The molecule has 0 aliphatic carbocycles. The largest absolute Gasteiger partial charge is 0.481 e. The van der Waals surface area contributed by atoms with Gasteiger partial charge in [-0.15, -0.1) is 0 Å². The Morgan fingerprint density at radius 1 is 1.56 bits per heavy atom. The molecular weight excluding hydrogens is 298 g/mol. The van der Waals surface area contributed by atoms with Crippen molar-refractivity contribution >= 4 is 33.1 Å². The van der Waals surface area contributed by atoms with Crippen LogP contribution in [0.3, 0.4) is 0 Å². The molecule has 0 radical (unpaired) electrons. The first-order chi connectivity index (χ1) is 8.35. The lowest BCUT2D eigenvalue weighted by Gasteiger charge is -2.20. The van der Waals surface area contributed by atoms with E-state index in [1.807, 2.05) is 19.9 Å². The summed E-state index contributed by atoms with van der Waals surface area (Å²) in [7, 11) is 0. The maximum absolute atomic E-state index is 10.8. The van der Waals surface area contributed by atoms with Crippen molar-refractivity contribution in [2.75, 3.05) is 0 Å². The number of carbonyl (C=O) groups is 1. The lowest BCUT2D eigenvalue weighted by molar-refractivity contribution is -0.139. The smallest absolute Gasteiger partial charge is 0.303 e. The van der Waals surface area contributed by atoms with Gasteiger partial charge in [-0.05, 0) is 27.4 Å². The lowest BCUT2D eigenvalue weighted by Crippen LogP contribution is -2.20. The molecule has 0 aliphatic heterocycles. The van der Waals surface area contributed by atoms with Gasteiger partial charge >= 0.3 is 5.97 Å². The van der Waals surface area contributed by atoms with E-state index in [4.69, 9.17) is 5.11 Å². The first kappa shape index (κ1) is 13.0. The van der Waals surface area contributed by atoms with Crippen LogP contribution >= 0.6 is 15.9 Å². The van der Waals surface area contributed by atoms with E-state index in [1.165, 1.54) is 0 Å². The van der Waals surface area contributed by atoms with Gasteiger partial charge in [0, 0.05) is 17.1 Å². The van der Waals surface area contributed by atoms with Crippen molar-refractivity contribution in [1.82, 2.24) is 15.0 Å². The minimum atomic E-state index is -0.794. The van der Waals surface area contributed by atoms with Gasteiger partial charge in [0.05, 0.1) is 11.9 Å². The Bertz CT molecular complexity index is 592. The molecule has 0 atom stereocenters. The third-order valence-electron chi connectivity index (χ3n) is 2.63. The van der Waals surface area contributed by atoms with Gasteiger partial charge in [0.25, 0.3) is 0 Å². The van der Waals surface area contributed by atoms with Crippen LogP contribution < -0.4 is 0 Å². The fourth-order valence-corrected chi connectivity index (χ4v) is 2.26. The second-order valence-electron chi connectivity index (χ2n) is 5.12. The molecular formula is C12H14BrN3O2. The average molecular weight is 312 g/mol. The monoisotopic (exact) mass is 311 g/mol. The standard InChI is InChI=1S/C12H14BrN3O2/c1-12(2,5-10(17)18)4-9-15-8-3-7(13)6-14-11(8)16-9/h3,6H,4-5H2,1-2H3,(H,17,18)(H,14,15,16). The van der Waals surface area contributed by atoms with Crippen molar-refractivity contribution in [3.63, 3.8) is 0 Å². The molecule has 0 unspecified atom stereocenters. The summed E-state index contributed by atoms with van der Waals surface area (Å²) >= 11 is 3.35. The average Bonchev–Trinajstić information content (AvgIpc) is 2.55. The van der Waals surface area contributed by atoms with Gasteiger partial charge in [0.15, 0.2) is 5.65 Å². The molecule has 18 heavy (non-hydrogen) atoms. The van der Waals surface area contributed by atoms with Crippen LogP contribution in [0.4, 0.5) is 0 Å². The zero-order valence-corrected chi connectivity index (χ0v) is 11.8. The van der Waals surface area contributed by atoms with Gasteiger partial charge in [-0.1, -0.05) is 13.8 Å². The maximum atomic E-state index is 10.8. The minimum Gasteiger partial charge on any atom is -0.481 e. The number of carboxylic acids is 1. The Morgan fingerprint density at radius 2 is 2.28 bits per heavy atom. The van der Waals surface area contributed by atoms with E-state index in [0.717, 1.165) is 15.8 Å². The van der Waals surface area contributed by atoms with Gasteiger partial charge in [-0.25, -0.2) is 9.97 Å². The van der Waals surface area contributed by atoms with Crippen LogP contribution in [0.2, 0.25) is 0 Å². The summed E-state index contributed by atoms with van der Waals surface area (Å²) < 4.78 is 0.884. The lowest BCUT2D eigenvalue weighted by atomic mass is 9.85. The highest BCUT2D eigenvalue weighted by Crippen LogP contribution is 2.26. The number of rotatable bonds is 4. The van der Waals surface area contributed by atoms with E-state index in [-0.39, 0.29) is 11.8 Å². The van der Waals surface area contributed by atoms with E-state index < -0.39 is 5.97 Å². The highest BCUT2D eigenvalue weighted by Gasteiger charge is 2.24.